The number of ether oxygens (including phenoxy) is 1. The highest BCUT2D eigenvalue weighted by Crippen LogP contribution is 2.22. The van der Waals surface area contributed by atoms with Crippen molar-refractivity contribution in [1.82, 2.24) is 5.32 Å². The zero-order chi connectivity index (χ0) is 10.6. The van der Waals surface area contributed by atoms with Crippen molar-refractivity contribution in [3.8, 4) is 0 Å². The first kappa shape index (κ1) is 12.0. The van der Waals surface area contributed by atoms with Gasteiger partial charge in [-0.05, 0) is 38.5 Å². The lowest BCUT2D eigenvalue weighted by Crippen LogP contribution is -2.42. The van der Waals surface area contributed by atoms with Crippen molar-refractivity contribution in [2.45, 2.75) is 64.6 Å². The van der Waals surface area contributed by atoms with Gasteiger partial charge in [0.1, 0.15) is 0 Å². The van der Waals surface area contributed by atoms with Crippen LogP contribution in [0.25, 0.3) is 0 Å². The molecule has 0 radical (unpaired) electrons. The first-order valence-corrected chi connectivity index (χ1v) is 5.92. The molecule has 0 aromatic rings. The van der Waals surface area contributed by atoms with Gasteiger partial charge in [0.25, 0.3) is 0 Å². The summed E-state index contributed by atoms with van der Waals surface area (Å²) < 4.78 is 5.47. The summed E-state index contributed by atoms with van der Waals surface area (Å²) in [6.45, 7) is 6.84. The highest BCUT2D eigenvalue weighted by molar-refractivity contribution is 4.85. The smallest absolute Gasteiger partial charge is 0.0724 e. The number of nitrogens with one attached hydrogen (secondary N) is 1. The van der Waals surface area contributed by atoms with Crippen LogP contribution in [-0.4, -0.2) is 25.3 Å². The van der Waals surface area contributed by atoms with Gasteiger partial charge in [-0.25, -0.2) is 0 Å². The topological polar surface area (TPSA) is 21.3 Å². The predicted molar refractivity (Wildman–Crippen MR) is 60.5 cm³/mol. The van der Waals surface area contributed by atoms with Crippen molar-refractivity contribution in [1.29, 1.82) is 0 Å². The fourth-order valence-electron chi connectivity index (χ4n) is 2.54. The summed E-state index contributed by atoms with van der Waals surface area (Å²) in [7, 11) is 1.83. The highest BCUT2D eigenvalue weighted by atomic mass is 16.5. The van der Waals surface area contributed by atoms with Gasteiger partial charge in [-0.2, -0.15) is 0 Å². The Balaban J connectivity index is 2.28. The van der Waals surface area contributed by atoms with Gasteiger partial charge in [0.2, 0.25) is 0 Å². The summed E-state index contributed by atoms with van der Waals surface area (Å²) in [5, 5.41) is 3.69. The van der Waals surface area contributed by atoms with E-state index in [2.05, 4.69) is 26.1 Å². The second-order valence-electron chi connectivity index (χ2n) is 5.01. The Bertz CT molecular complexity index is 158. The van der Waals surface area contributed by atoms with Gasteiger partial charge >= 0.3 is 0 Å². The molecule has 1 N–H and O–H groups in total. The first-order chi connectivity index (χ1) is 6.63. The van der Waals surface area contributed by atoms with E-state index in [4.69, 9.17) is 4.74 Å². The molecule has 0 amide bonds. The lowest BCUT2D eigenvalue weighted by molar-refractivity contribution is 0.0810. The molecule has 14 heavy (non-hydrogen) atoms. The molecule has 84 valence electrons. The summed E-state index contributed by atoms with van der Waals surface area (Å²) in [5.74, 6) is 0.778. The van der Waals surface area contributed by atoms with Gasteiger partial charge in [0.15, 0.2) is 0 Å². The van der Waals surface area contributed by atoms with Crippen LogP contribution < -0.4 is 5.32 Å². The second kappa shape index (κ2) is 5.72. The molecule has 0 spiro atoms. The molecule has 1 aliphatic carbocycles. The summed E-state index contributed by atoms with van der Waals surface area (Å²) in [5.41, 5.74) is 0. The van der Waals surface area contributed by atoms with E-state index < -0.39 is 0 Å². The van der Waals surface area contributed by atoms with Crippen molar-refractivity contribution in [2.75, 3.05) is 7.11 Å². The Morgan fingerprint density at radius 2 is 2.00 bits per heavy atom. The molecular weight excluding hydrogens is 174 g/mol. The lowest BCUT2D eigenvalue weighted by atomic mass is 10.0. The molecule has 3 unspecified atom stereocenters. The van der Waals surface area contributed by atoms with E-state index in [1.54, 1.807) is 0 Å². The molecule has 1 aliphatic rings. The van der Waals surface area contributed by atoms with Crippen molar-refractivity contribution < 1.29 is 4.74 Å². The Labute approximate surface area is 88.4 Å². The number of hydrogen-bond donors (Lipinski definition) is 1. The average molecular weight is 199 g/mol. The predicted octanol–water partition coefficient (Wildman–Crippen LogP) is 2.58. The maximum Gasteiger partial charge on any atom is 0.0724 e. The minimum Gasteiger partial charge on any atom is -0.380 e. The number of hydrogen-bond acceptors (Lipinski definition) is 2. The SMILES string of the molecule is COC1CCCC1NC(C)CC(C)C. The van der Waals surface area contributed by atoms with E-state index >= 15 is 0 Å². The van der Waals surface area contributed by atoms with Gasteiger partial charge in [0, 0.05) is 19.2 Å². The largest absolute Gasteiger partial charge is 0.380 e. The van der Waals surface area contributed by atoms with Gasteiger partial charge in [-0.15, -0.1) is 0 Å². The van der Waals surface area contributed by atoms with Crippen LogP contribution in [0.5, 0.6) is 0 Å². The molecule has 0 aliphatic heterocycles. The molecule has 3 atom stereocenters. The maximum atomic E-state index is 5.47. The molecule has 1 fully saturated rings. The molecule has 0 aromatic heterocycles. The van der Waals surface area contributed by atoms with E-state index in [1.807, 2.05) is 7.11 Å². The van der Waals surface area contributed by atoms with Crippen LogP contribution in [0.15, 0.2) is 0 Å². The van der Waals surface area contributed by atoms with E-state index in [-0.39, 0.29) is 0 Å². The van der Waals surface area contributed by atoms with Crippen molar-refractivity contribution >= 4 is 0 Å². The molecule has 2 nitrogen and oxygen atoms in total. The molecular formula is C12H25NO. The Morgan fingerprint density at radius 3 is 2.57 bits per heavy atom. The van der Waals surface area contributed by atoms with Crippen LogP contribution in [0.2, 0.25) is 0 Å². The molecule has 2 heteroatoms. The van der Waals surface area contributed by atoms with Gasteiger partial charge in [-0.1, -0.05) is 13.8 Å². The Morgan fingerprint density at radius 1 is 1.29 bits per heavy atom. The zero-order valence-electron chi connectivity index (χ0n) is 10.0. The lowest BCUT2D eigenvalue weighted by Gasteiger charge is -2.25. The van der Waals surface area contributed by atoms with Crippen LogP contribution in [0, 0.1) is 5.92 Å². The minimum atomic E-state index is 0.449. The van der Waals surface area contributed by atoms with Crippen molar-refractivity contribution in [3.63, 3.8) is 0 Å². The fourth-order valence-corrected chi connectivity index (χ4v) is 2.54. The summed E-state index contributed by atoms with van der Waals surface area (Å²) >= 11 is 0. The normalized spacial score (nSPS) is 29.8. The minimum absolute atomic E-state index is 0.449. The summed E-state index contributed by atoms with van der Waals surface area (Å²) in [4.78, 5) is 0. The monoisotopic (exact) mass is 199 g/mol. The van der Waals surface area contributed by atoms with Gasteiger partial charge in [0.05, 0.1) is 6.10 Å². The highest BCUT2D eigenvalue weighted by Gasteiger charge is 2.27. The van der Waals surface area contributed by atoms with Crippen LogP contribution in [0.3, 0.4) is 0 Å². The van der Waals surface area contributed by atoms with Crippen molar-refractivity contribution in [2.24, 2.45) is 5.92 Å². The van der Waals surface area contributed by atoms with Crippen LogP contribution in [0.4, 0.5) is 0 Å². The molecule has 0 aromatic carbocycles. The molecule has 0 bridgehead atoms. The number of rotatable bonds is 5. The fraction of sp³-hybridized carbons (Fsp3) is 1.00. The number of methoxy groups -OCH3 is 1. The standard InChI is InChI=1S/C12H25NO/c1-9(2)8-10(3)13-11-6-5-7-12(11)14-4/h9-13H,5-8H2,1-4H3. The molecule has 1 saturated carbocycles. The summed E-state index contributed by atoms with van der Waals surface area (Å²) in [6, 6.07) is 1.21. The quantitative estimate of drug-likeness (QED) is 0.735. The van der Waals surface area contributed by atoms with E-state index in [9.17, 15) is 0 Å². The van der Waals surface area contributed by atoms with Crippen LogP contribution in [0.1, 0.15) is 46.5 Å². The Hall–Kier alpha value is -0.0800. The third kappa shape index (κ3) is 3.58. The molecule has 0 saturated heterocycles. The van der Waals surface area contributed by atoms with Gasteiger partial charge < -0.3 is 10.1 Å². The maximum absolute atomic E-state index is 5.47. The average Bonchev–Trinajstić information content (AvgIpc) is 2.50. The third-order valence-corrected chi connectivity index (χ3v) is 3.08. The van der Waals surface area contributed by atoms with E-state index in [0.717, 1.165) is 5.92 Å². The van der Waals surface area contributed by atoms with Crippen LogP contribution in [-0.2, 0) is 4.74 Å². The van der Waals surface area contributed by atoms with Gasteiger partial charge in [-0.3, -0.25) is 0 Å². The third-order valence-electron chi connectivity index (χ3n) is 3.08. The Kier molecular flexibility index (Phi) is 4.90. The van der Waals surface area contributed by atoms with Crippen LogP contribution >= 0.6 is 0 Å². The molecule has 0 heterocycles. The first-order valence-electron chi connectivity index (χ1n) is 5.92. The summed E-state index contributed by atoms with van der Waals surface area (Å²) in [6.07, 6.45) is 5.52. The van der Waals surface area contributed by atoms with E-state index in [0.29, 0.717) is 18.2 Å². The second-order valence-corrected chi connectivity index (χ2v) is 5.01. The van der Waals surface area contributed by atoms with E-state index in [1.165, 1.54) is 25.7 Å². The van der Waals surface area contributed by atoms with Crippen molar-refractivity contribution in [3.05, 3.63) is 0 Å². The molecule has 1 rings (SSSR count). The zero-order valence-corrected chi connectivity index (χ0v) is 10.0.